The maximum atomic E-state index is 12.6. The number of hydrogen-bond acceptors (Lipinski definition) is 5. The lowest BCUT2D eigenvalue weighted by molar-refractivity contribution is -0.121. The molecule has 0 radical (unpaired) electrons. The van der Waals surface area contributed by atoms with Gasteiger partial charge in [0, 0.05) is 49.2 Å². The SMILES string of the molecule is CCCCCCNC(=O)CC1CCCCN1c1nc(-n2ccnc2)nc(C)c1CC. The first-order valence-electron chi connectivity index (χ1n) is 11.5. The summed E-state index contributed by atoms with van der Waals surface area (Å²) in [4.78, 5) is 28.7. The number of rotatable bonds is 10. The second-order valence-corrected chi connectivity index (χ2v) is 8.19. The van der Waals surface area contributed by atoms with E-state index in [0.717, 1.165) is 56.7 Å². The molecule has 0 aromatic carbocycles. The molecular weight excluding hydrogens is 376 g/mol. The summed E-state index contributed by atoms with van der Waals surface area (Å²) in [5.41, 5.74) is 2.17. The molecule has 1 aliphatic rings. The van der Waals surface area contributed by atoms with E-state index in [0.29, 0.717) is 12.4 Å². The van der Waals surface area contributed by atoms with Crippen LogP contribution in [0.5, 0.6) is 0 Å². The zero-order valence-corrected chi connectivity index (χ0v) is 18.7. The number of nitrogens with one attached hydrogen (secondary N) is 1. The van der Waals surface area contributed by atoms with Crippen LogP contribution in [0.2, 0.25) is 0 Å². The second kappa shape index (κ2) is 11.1. The Morgan fingerprint density at radius 3 is 2.80 bits per heavy atom. The number of nitrogens with zero attached hydrogens (tertiary/aromatic N) is 5. The lowest BCUT2D eigenvalue weighted by Crippen LogP contribution is -2.44. The van der Waals surface area contributed by atoms with Crippen molar-refractivity contribution in [2.24, 2.45) is 0 Å². The van der Waals surface area contributed by atoms with Gasteiger partial charge in [-0.2, -0.15) is 4.98 Å². The van der Waals surface area contributed by atoms with E-state index in [9.17, 15) is 4.79 Å². The second-order valence-electron chi connectivity index (χ2n) is 8.19. The molecule has 2 aromatic rings. The van der Waals surface area contributed by atoms with Crippen LogP contribution in [0.15, 0.2) is 18.7 Å². The zero-order valence-electron chi connectivity index (χ0n) is 18.7. The smallest absolute Gasteiger partial charge is 0.237 e. The lowest BCUT2D eigenvalue weighted by atomic mass is 9.97. The Morgan fingerprint density at radius 1 is 1.20 bits per heavy atom. The van der Waals surface area contributed by atoms with Gasteiger partial charge in [0.15, 0.2) is 0 Å². The molecule has 7 heteroatoms. The summed E-state index contributed by atoms with van der Waals surface area (Å²) < 4.78 is 1.85. The van der Waals surface area contributed by atoms with Crippen LogP contribution in [0.1, 0.15) is 76.5 Å². The van der Waals surface area contributed by atoms with Crippen molar-refractivity contribution in [3.63, 3.8) is 0 Å². The fraction of sp³-hybridized carbons (Fsp3) is 0.652. The summed E-state index contributed by atoms with van der Waals surface area (Å²) in [6.45, 7) is 8.11. The van der Waals surface area contributed by atoms with Crippen molar-refractivity contribution in [2.75, 3.05) is 18.0 Å². The number of unbranched alkanes of at least 4 members (excludes halogenated alkanes) is 3. The molecule has 2 aromatic heterocycles. The highest BCUT2D eigenvalue weighted by Gasteiger charge is 2.28. The molecule has 1 atom stereocenters. The predicted molar refractivity (Wildman–Crippen MR) is 120 cm³/mol. The van der Waals surface area contributed by atoms with Crippen LogP contribution in [0.4, 0.5) is 5.82 Å². The number of anilines is 1. The minimum absolute atomic E-state index is 0.155. The molecule has 1 aliphatic heterocycles. The third-order valence-corrected chi connectivity index (χ3v) is 5.94. The molecular formula is C23H36N6O. The molecule has 0 bridgehead atoms. The molecule has 1 saturated heterocycles. The van der Waals surface area contributed by atoms with Crippen LogP contribution in [0, 0.1) is 6.92 Å². The van der Waals surface area contributed by atoms with E-state index in [2.05, 4.69) is 29.0 Å². The largest absolute Gasteiger partial charge is 0.356 e. The standard InChI is InChI=1S/C23H36N6O/c1-4-6-7-9-12-25-21(30)16-19-11-8-10-14-29(19)22-20(5-2)18(3)26-23(27-22)28-15-13-24-17-28/h13,15,17,19H,4-12,14,16H2,1-3H3,(H,25,30). The number of amides is 1. The highest BCUT2D eigenvalue weighted by molar-refractivity contribution is 5.77. The van der Waals surface area contributed by atoms with E-state index in [1.165, 1.54) is 24.8 Å². The fourth-order valence-corrected chi connectivity index (χ4v) is 4.27. The first kappa shape index (κ1) is 22.2. The monoisotopic (exact) mass is 412 g/mol. The van der Waals surface area contributed by atoms with Gasteiger partial charge in [-0.05, 0) is 39.0 Å². The molecule has 0 aliphatic carbocycles. The van der Waals surface area contributed by atoms with Gasteiger partial charge in [0.25, 0.3) is 0 Å². The van der Waals surface area contributed by atoms with Crippen molar-refractivity contribution in [1.82, 2.24) is 24.8 Å². The van der Waals surface area contributed by atoms with Gasteiger partial charge in [0.2, 0.25) is 11.9 Å². The first-order valence-corrected chi connectivity index (χ1v) is 11.5. The summed E-state index contributed by atoms with van der Waals surface area (Å²) in [5, 5.41) is 3.12. The summed E-state index contributed by atoms with van der Waals surface area (Å²) >= 11 is 0. The average molecular weight is 413 g/mol. The van der Waals surface area contributed by atoms with Crippen molar-refractivity contribution in [3.8, 4) is 5.95 Å². The van der Waals surface area contributed by atoms with Crippen LogP contribution in [-0.4, -0.2) is 44.6 Å². The molecule has 3 rings (SSSR count). The quantitative estimate of drug-likeness (QED) is 0.598. The summed E-state index contributed by atoms with van der Waals surface area (Å²) in [5.74, 6) is 1.78. The van der Waals surface area contributed by atoms with Crippen LogP contribution < -0.4 is 10.2 Å². The molecule has 1 fully saturated rings. The van der Waals surface area contributed by atoms with Gasteiger partial charge in [-0.15, -0.1) is 0 Å². The van der Waals surface area contributed by atoms with Crippen molar-refractivity contribution >= 4 is 11.7 Å². The van der Waals surface area contributed by atoms with Crippen molar-refractivity contribution in [1.29, 1.82) is 0 Å². The Hall–Kier alpha value is -2.44. The third-order valence-electron chi connectivity index (χ3n) is 5.94. The van der Waals surface area contributed by atoms with Crippen LogP contribution in [-0.2, 0) is 11.2 Å². The van der Waals surface area contributed by atoms with Gasteiger partial charge >= 0.3 is 0 Å². The lowest BCUT2D eigenvalue weighted by Gasteiger charge is -2.37. The maximum absolute atomic E-state index is 12.6. The Labute approximate surface area is 180 Å². The minimum atomic E-state index is 0.155. The number of carbonyl (C=O) groups is 1. The Bertz CT molecular complexity index is 804. The molecule has 30 heavy (non-hydrogen) atoms. The van der Waals surface area contributed by atoms with Gasteiger partial charge in [-0.3, -0.25) is 9.36 Å². The molecule has 0 spiro atoms. The number of aryl methyl sites for hydroxylation is 1. The van der Waals surface area contributed by atoms with E-state index >= 15 is 0 Å². The molecule has 1 N–H and O–H groups in total. The van der Waals surface area contributed by atoms with Gasteiger partial charge in [-0.25, -0.2) is 9.97 Å². The molecule has 7 nitrogen and oxygen atoms in total. The molecule has 0 saturated carbocycles. The Balaban J connectivity index is 1.76. The van der Waals surface area contributed by atoms with E-state index in [-0.39, 0.29) is 11.9 Å². The fourth-order valence-electron chi connectivity index (χ4n) is 4.27. The molecule has 164 valence electrons. The number of aromatic nitrogens is 4. The number of hydrogen-bond donors (Lipinski definition) is 1. The van der Waals surface area contributed by atoms with E-state index in [1.54, 1.807) is 12.5 Å². The zero-order chi connectivity index (χ0) is 21.3. The summed E-state index contributed by atoms with van der Waals surface area (Å²) in [7, 11) is 0. The maximum Gasteiger partial charge on any atom is 0.237 e. The topological polar surface area (TPSA) is 75.9 Å². The normalized spacial score (nSPS) is 16.6. The molecule has 1 unspecified atom stereocenters. The predicted octanol–water partition coefficient (Wildman–Crippen LogP) is 3.98. The third kappa shape index (κ3) is 5.58. The van der Waals surface area contributed by atoms with Gasteiger partial charge in [-0.1, -0.05) is 33.1 Å². The number of imidazole rings is 1. The van der Waals surface area contributed by atoms with Gasteiger partial charge in [0.1, 0.15) is 12.1 Å². The van der Waals surface area contributed by atoms with Crippen molar-refractivity contribution < 1.29 is 4.79 Å². The van der Waals surface area contributed by atoms with Gasteiger partial charge < -0.3 is 10.2 Å². The highest BCUT2D eigenvalue weighted by atomic mass is 16.1. The average Bonchev–Trinajstić information content (AvgIpc) is 3.28. The molecule has 1 amide bonds. The summed E-state index contributed by atoms with van der Waals surface area (Å²) in [6, 6.07) is 0.185. The van der Waals surface area contributed by atoms with E-state index in [4.69, 9.17) is 9.97 Å². The van der Waals surface area contributed by atoms with E-state index < -0.39 is 0 Å². The van der Waals surface area contributed by atoms with Crippen LogP contribution >= 0.6 is 0 Å². The highest BCUT2D eigenvalue weighted by Crippen LogP contribution is 2.30. The Morgan fingerprint density at radius 2 is 2.07 bits per heavy atom. The van der Waals surface area contributed by atoms with E-state index in [1.807, 2.05) is 17.7 Å². The van der Waals surface area contributed by atoms with Crippen molar-refractivity contribution in [3.05, 3.63) is 30.0 Å². The number of carbonyl (C=O) groups excluding carboxylic acids is 1. The van der Waals surface area contributed by atoms with Crippen molar-refractivity contribution in [2.45, 2.75) is 84.6 Å². The van der Waals surface area contributed by atoms with Gasteiger partial charge in [0.05, 0.1) is 0 Å². The number of piperidine rings is 1. The summed E-state index contributed by atoms with van der Waals surface area (Å²) in [6.07, 6.45) is 14.7. The first-order chi connectivity index (χ1) is 14.6. The van der Waals surface area contributed by atoms with Crippen LogP contribution in [0.25, 0.3) is 5.95 Å². The minimum Gasteiger partial charge on any atom is -0.356 e. The Kier molecular flexibility index (Phi) is 8.22. The van der Waals surface area contributed by atoms with Crippen LogP contribution in [0.3, 0.4) is 0 Å². The molecule has 3 heterocycles.